The third kappa shape index (κ3) is 3.38. The summed E-state index contributed by atoms with van der Waals surface area (Å²) in [5.74, 6) is -0.345. The number of benzene rings is 1. The van der Waals surface area contributed by atoms with Crippen LogP contribution in [0, 0.1) is 17.2 Å². The largest absolute Gasteiger partial charge is 0.507 e. The molecular formula is C12H14N2O3. The van der Waals surface area contributed by atoms with Crippen molar-refractivity contribution in [3.05, 3.63) is 23.8 Å². The van der Waals surface area contributed by atoms with Gasteiger partial charge in [-0.15, -0.1) is 0 Å². The van der Waals surface area contributed by atoms with E-state index in [1.807, 2.05) is 6.07 Å². The molecule has 0 bridgehead atoms. The van der Waals surface area contributed by atoms with Gasteiger partial charge >= 0.3 is 0 Å². The molecule has 5 heteroatoms. The molecule has 17 heavy (non-hydrogen) atoms. The van der Waals surface area contributed by atoms with E-state index in [0.29, 0.717) is 5.75 Å². The number of phenols is 1. The highest BCUT2D eigenvalue weighted by Gasteiger charge is 2.12. The van der Waals surface area contributed by atoms with Crippen molar-refractivity contribution < 1.29 is 14.6 Å². The number of hydrogen-bond acceptors (Lipinski definition) is 4. The second-order valence-electron chi connectivity index (χ2n) is 3.62. The third-order valence-electron chi connectivity index (χ3n) is 2.24. The summed E-state index contributed by atoms with van der Waals surface area (Å²) in [6, 6.07) is 6.43. The second kappa shape index (κ2) is 5.75. The lowest BCUT2D eigenvalue weighted by Gasteiger charge is -2.08. The van der Waals surface area contributed by atoms with Gasteiger partial charge in [-0.25, -0.2) is 0 Å². The highest BCUT2D eigenvalue weighted by atomic mass is 16.5. The van der Waals surface area contributed by atoms with Crippen molar-refractivity contribution >= 4 is 5.91 Å². The molecule has 0 aliphatic heterocycles. The topological polar surface area (TPSA) is 82.3 Å². The van der Waals surface area contributed by atoms with Gasteiger partial charge in [-0.05, 0) is 19.1 Å². The second-order valence-corrected chi connectivity index (χ2v) is 3.62. The first-order valence-corrected chi connectivity index (χ1v) is 5.13. The Balaban J connectivity index is 2.73. The van der Waals surface area contributed by atoms with Crippen LogP contribution in [0.1, 0.15) is 17.3 Å². The lowest BCUT2D eigenvalue weighted by Crippen LogP contribution is -2.27. The molecule has 1 rings (SSSR count). The molecule has 0 aliphatic carbocycles. The Bertz CT molecular complexity index is 452. The van der Waals surface area contributed by atoms with Crippen molar-refractivity contribution in [1.29, 1.82) is 5.26 Å². The Morgan fingerprint density at radius 2 is 2.35 bits per heavy atom. The van der Waals surface area contributed by atoms with Gasteiger partial charge in [0.1, 0.15) is 11.5 Å². The maximum atomic E-state index is 11.7. The van der Waals surface area contributed by atoms with Crippen LogP contribution in [0.5, 0.6) is 11.5 Å². The number of rotatable bonds is 4. The van der Waals surface area contributed by atoms with E-state index in [4.69, 9.17) is 10.00 Å². The predicted molar refractivity (Wildman–Crippen MR) is 61.8 cm³/mol. The number of phenolic OH excluding ortho intramolecular Hbond substituents is 1. The number of carbonyl (C=O) groups is 1. The standard InChI is InChI=1S/C12H14N2O3/c1-8(6-13)7-14-12(16)10-4-3-9(17-2)5-11(10)15/h3-5,8,15H,7H2,1-2H3,(H,14,16). The van der Waals surface area contributed by atoms with Gasteiger partial charge in [-0.3, -0.25) is 4.79 Å². The summed E-state index contributed by atoms with van der Waals surface area (Å²) in [6.07, 6.45) is 0. The average molecular weight is 234 g/mol. The highest BCUT2D eigenvalue weighted by molar-refractivity contribution is 5.97. The summed E-state index contributed by atoms with van der Waals surface area (Å²) in [7, 11) is 1.48. The molecule has 0 aromatic heterocycles. The number of hydrogen-bond donors (Lipinski definition) is 2. The molecule has 0 saturated heterocycles. The molecular weight excluding hydrogens is 220 g/mol. The Morgan fingerprint density at radius 1 is 1.65 bits per heavy atom. The molecule has 2 N–H and O–H groups in total. The Morgan fingerprint density at radius 3 is 2.88 bits per heavy atom. The van der Waals surface area contributed by atoms with Gasteiger partial charge in [0, 0.05) is 12.6 Å². The minimum atomic E-state index is -0.410. The van der Waals surface area contributed by atoms with Gasteiger partial charge in [0.25, 0.3) is 5.91 Å². The third-order valence-corrected chi connectivity index (χ3v) is 2.24. The number of ether oxygens (including phenoxy) is 1. The maximum absolute atomic E-state index is 11.7. The van der Waals surface area contributed by atoms with Gasteiger partial charge in [0.2, 0.25) is 0 Å². The molecule has 0 spiro atoms. The van der Waals surface area contributed by atoms with Crippen molar-refractivity contribution in [1.82, 2.24) is 5.32 Å². The van der Waals surface area contributed by atoms with E-state index >= 15 is 0 Å². The fourth-order valence-electron chi connectivity index (χ4n) is 1.22. The zero-order chi connectivity index (χ0) is 12.8. The Hall–Kier alpha value is -2.22. The minimum absolute atomic E-state index is 0.147. The fraction of sp³-hybridized carbons (Fsp3) is 0.333. The summed E-state index contributed by atoms with van der Waals surface area (Å²) in [6.45, 7) is 1.95. The van der Waals surface area contributed by atoms with Gasteiger partial charge in [0.05, 0.1) is 24.7 Å². The van der Waals surface area contributed by atoms with Gasteiger partial charge in [0.15, 0.2) is 0 Å². The fourth-order valence-corrected chi connectivity index (χ4v) is 1.22. The smallest absolute Gasteiger partial charge is 0.255 e. The molecule has 1 amide bonds. The quantitative estimate of drug-likeness (QED) is 0.822. The normalized spacial score (nSPS) is 11.4. The van der Waals surface area contributed by atoms with E-state index in [9.17, 15) is 9.90 Å². The number of nitrogens with one attached hydrogen (secondary N) is 1. The summed E-state index contributed by atoms with van der Waals surface area (Å²) < 4.78 is 4.91. The van der Waals surface area contributed by atoms with Crippen LogP contribution in [0.4, 0.5) is 0 Å². The molecule has 1 unspecified atom stereocenters. The van der Waals surface area contributed by atoms with Crippen molar-refractivity contribution in [2.75, 3.05) is 13.7 Å². The lowest BCUT2D eigenvalue weighted by atomic mass is 10.1. The van der Waals surface area contributed by atoms with E-state index in [1.165, 1.54) is 19.2 Å². The number of carbonyl (C=O) groups excluding carboxylic acids is 1. The summed E-state index contributed by atoms with van der Waals surface area (Å²) in [5, 5.41) is 20.7. The Kier molecular flexibility index (Phi) is 4.35. The number of methoxy groups -OCH3 is 1. The zero-order valence-corrected chi connectivity index (χ0v) is 9.73. The number of nitrogens with zero attached hydrogens (tertiary/aromatic N) is 1. The summed E-state index contributed by atoms with van der Waals surface area (Å²) >= 11 is 0. The average Bonchev–Trinajstić information content (AvgIpc) is 2.35. The van der Waals surface area contributed by atoms with Crippen LogP contribution in [0.3, 0.4) is 0 Å². The first-order chi connectivity index (χ1) is 8.08. The molecule has 0 radical (unpaired) electrons. The zero-order valence-electron chi connectivity index (χ0n) is 9.73. The minimum Gasteiger partial charge on any atom is -0.507 e. The van der Waals surface area contributed by atoms with Crippen molar-refractivity contribution in [3.8, 4) is 17.6 Å². The van der Waals surface area contributed by atoms with Gasteiger partial charge in [-0.2, -0.15) is 5.26 Å². The van der Waals surface area contributed by atoms with Crippen LogP contribution >= 0.6 is 0 Å². The number of nitriles is 1. The molecule has 90 valence electrons. The lowest BCUT2D eigenvalue weighted by molar-refractivity contribution is 0.0948. The SMILES string of the molecule is COc1ccc(C(=O)NCC(C)C#N)c(O)c1. The predicted octanol–water partition coefficient (Wildman–Crippen LogP) is 1.29. The molecule has 1 aromatic carbocycles. The summed E-state index contributed by atoms with van der Waals surface area (Å²) in [4.78, 5) is 11.7. The molecule has 0 fully saturated rings. The van der Waals surface area contributed by atoms with Crippen molar-refractivity contribution in [3.63, 3.8) is 0 Å². The molecule has 1 atom stereocenters. The van der Waals surface area contributed by atoms with Crippen LogP contribution in [-0.2, 0) is 0 Å². The number of amides is 1. The van der Waals surface area contributed by atoms with Crippen LogP contribution in [0.2, 0.25) is 0 Å². The first kappa shape index (κ1) is 12.8. The maximum Gasteiger partial charge on any atom is 0.255 e. The molecule has 0 heterocycles. The van der Waals surface area contributed by atoms with Crippen LogP contribution in [0.25, 0.3) is 0 Å². The van der Waals surface area contributed by atoms with Crippen LogP contribution in [-0.4, -0.2) is 24.7 Å². The van der Waals surface area contributed by atoms with Gasteiger partial charge in [-0.1, -0.05) is 0 Å². The molecule has 5 nitrogen and oxygen atoms in total. The van der Waals surface area contributed by atoms with E-state index in [0.717, 1.165) is 0 Å². The first-order valence-electron chi connectivity index (χ1n) is 5.13. The summed E-state index contributed by atoms with van der Waals surface area (Å²) in [5.41, 5.74) is 0.163. The van der Waals surface area contributed by atoms with Crippen molar-refractivity contribution in [2.45, 2.75) is 6.92 Å². The van der Waals surface area contributed by atoms with Crippen LogP contribution in [0.15, 0.2) is 18.2 Å². The molecule has 0 aliphatic rings. The molecule has 1 aromatic rings. The molecule has 0 saturated carbocycles. The van der Waals surface area contributed by atoms with Crippen LogP contribution < -0.4 is 10.1 Å². The highest BCUT2D eigenvalue weighted by Crippen LogP contribution is 2.23. The van der Waals surface area contributed by atoms with Crippen molar-refractivity contribution in [2.24, 2.45) is 5.92 Å². The van der Waals surface area contributed by atoms with E-state index < -0.39 is 5.91 Å². The van der Waals surface area contributed by atoms with E-state index in [-0.39, 0.29) is 23.8 Å². The van der Waals surface area contributed by atoms with Gasteiger partial charge < -0.3 is 15.2 Å². The van der Waals surface area contributed by atoms with E-state index in [2.05, 4.69) is 5.32 Å². The Labute approximate surface area is 99.6 Å². The van der Waals surface area contributed by atoms with E-state index in [1.54, 1.807) is 13.0 Å². The monoisotopic (exact) mass is 234 g/mol. The number of aromatic hydroxyl groups is 1.